The molecule has 0 aliphatic heterocycles. The molecule has 0 N–H and O–H groups in total. The van der Waals surface area contributed by atoms with Crippen molar-refractivity contribution < 1.29 is 175 Å². The minimum atomic E-state index is -5.24. The third-order valence-corrected chi connectivity index (χ3v) is 11.7. The summed E-state index contributed by atoms with van der Waals surface area (Å²) in [5.41, 5.74) is 0.690. The van der Waals surface area contributed by atoms with Gasteiger partial charge in [0.25, 0.3) is 0 Å². The number of benzene rings is 6. The van der Waals surface area contributed by atoms with Gasteiger partial charge < -0.3 is 23.4 Å². The van der Waals surface area contributed by atoms with Gasteiger partial charge in [-0.05, 0) is 126 Å². The number of hydrogen-bond acceptors (Lipinski definition) is 20. The van der Waals surface area contributed by atoms with E-state index in [0.717, 1.165) is 60.7 Å². The minimum Gasteiger partial charge on any atom is -0.744 e. The van der Waals surface area contributed by atoms with Gasteiger partial charge in [-0.1, -0.05) is 23.1 Å². The summed E-state index contributed by atoms with van der Waals surface area (Å²) < 4.78 is 140. The summed E-state index contributed by atoms with van der Waals surface area (Å²) in [6.45, 7) is 0. The predicted octanol–water partition coefficient (Wildman–Crippen LogP) is -3.34. The molecule has 0 amide bonds. The maximum Gasteiger partial charge on any atom is 1.00 e. The third kappa shape index (κ3) is 17.7. The largest absolute Gasteiger partial charge is 1.00 e. The number of azo groups is 4. The first-order chi connectivity index (χ1) is 29.6. The fourth-order valence-electron chi connectivity index (χ4n) is 5.16. The summed E-state index contributed by atoms with van der Waals surface area (Å²) in [5.74, 6) is 0. The second kappa shape index (κ2) is 25.7. The molecular formula is C38H24N8Na4O13S4. The monoisotopic (exact) mass is 1020 g/mol. The van der Waals surface area contributed by atoms with E-state index in [1.807, 2.05) is 0 Å². The van der Waals surface area contributed by atoms with E-state index < -0.39 is 60.1 Å². The van der Waals surface area contributed by atoms with E-state index in [1.54, 1.807) is 0 Å². The van der Waals surface area contributed by atoms with Crippen LogP contribution in [0.2, 0.25) is 0 Å². The van der Waals surface area contributed by atoms with Gasteiger partial charge in [-0.25, -0.2) is 33.7 Å². The van der Waals surface area contributed by atoms with Crippen LogP contribution in [-0.2, 0) is 40.5 Å². The summed E-state index contributed by atoms with van der Waals surface area (Å²) in [4.78, 5) is -2.41. The van der Waals surface area contributed by atoms with Crippen LogP contribution >= 0.6 is 0 Å². The first-order valence-electron chi connectivity index (χ1n) is 17.3. The summed E-state index contributed by atoms with van der Waals surface area (Å²) in [7, 11) is -19.6. The molecular weight excluding hydrogens is 997 g/mol. The summed E-state index contributed by atoms with van der Waals surface area (Å²) in [6, 6.07) is 27.6. The molecule has 6 aromatic rings. The average molecular weight is 1020 g/mol. The molecule has 6 aromatic carbocycles. The van der Waals surface area contributed by atoms with Crippen LogP contribution in [0.3, 0.4) is 0 Å². The first-order valence-corrected chi connectivity index (χ1v) is 22.9. The van der Waals surface area contributed by atoms with Crippen molar-refractivity contribution in [1.82, 2.24) is 0 Å². The van der Waals surface area contributed by atoms with E-state index in [2.05, 4.69) is 35.8 Å². The Morgan fingerprint density at radius 3 is 0.985 bits per heavy atom. The maximum atomic E-state index is 12.9. The molecule has 0 fully saturated rings. The van der Waals surface area contributed by atoms with Gasteiger partial charge in [0.2, 0.25) is 5.69 Å². The van der Waals surface area contributed by atoms with E-state index in [1.165, 1.54) is 84.9 Å². The van der Waals surface area contributed by atoms with Crippen LogP contribution in [0.4, 0.5) is 45.5 Å². The second-order valence-electron chi connectivity index (χ2n) is 12.6. The minimum absolute atomic E-state index is 0. The number of hydrogen-bond donors (Lipinski definition) is 0. The maximum absolute atomic E-state index is 12.9. The molecule has 0 aliphatic rings. The molecule has 6 rings (SSSR count). The van der Waals surface area contributed by atoms with Gasteiger partial charge in [0.1, 0.15) is 46.2 Å². The van der Waals surface area contributed by atoms with Gasteiger partial charge in [0, 0.05) is 17.2 Å². The fourth-order valence-corrected chi connectivity index (χ4v) is 7.47. The smallest absolute Gasteiger partial charge is 0.744 e. The molecule has 0 aromatic heterocycles. The SMILES string of the molecule is O=S(=O)([O-])c1ccc(N=Nc2ccc(N=Nc3ccc(/C=C/c4ccc([N+]([O-])=Nc5ccc(N=Nc6ccc(S(=O)(=O)[O-])cc6)cc5)cc4S(=O)(=O)[O-])c(S(=O)(=O)[O-])c3)cc2)cc1.[Na+].[Na+].[Na+].[Na+]. The Morgan fingerprint density at radius 1 is 0.358 bits per heavy atom. The van der Waals surface area contributed by atoms with Crippen molar-refractivity contribution in [2.24, 2.45) is 35.8 Å². The molecule has 0 saturated heterocycles. The molecule has 0 radical (unpaired) electrons. The van der Waals surface area contributed by atoms with Crippen LogP contribution in [0.15, 0.2) is 189 Å². The van der Waals surface area contributed by atoms with Crippen LogP contribution in [0.5, 0.6) is 0 Å². The van der Waals surface area contributed by atoms with Crippen molar-refractivity contribution in [3.63, 3.8) is 0 Å². The molecule has 322 valence electrons. The normalized spacial score (nSPS) is 12.4. The van der Waals surface area contributed by atoms with Crippen LogP contribution in [0.25, 0.3) is 12.2 Å². The average Bonchev–Trinajstić information content (AvgIpc) is 3.23. The molecule has 0 unspecified atom stereocenters. The van der Waals surface area contributed by atoms with Crippen molar-refractivity contribution in [2.45, 2.75) is 19.6 Å². The molecule has 0 aliphatic carbocycles. The Kier molecular flexibility index (Phi) is 23.0. The zero-order valence-corrected chi connectivity index (χ0v) is 46.6. The van der Waals surface area contributed by atoms with Crippen molar-refractivity contribution in [3.05, 3.63) is 150 Å². The quantitative estimate of drug-likeness (QED) is 0.0258. The van der Waals surface area contributed by atoms with Crippen molar-refractivity contribution in [3.8, 4) is 0 Å². The Morgan fingerprint density at radius 2 is 0.642 bits per heavy atom. The van der Waals surface area contributed by atoms with E-state index in [9.17, 15) is 57.1 Å². The van der Waals surface area contributed by atoms with Gasteiger partial charge >= 0.3 is 118 Å². The Hall–Kier alpha value is -3.10. The van der Waals surface area contributed by atoms with Crippen LogP contribution in [0.1, 0.15) is 11.1 Å². The molecule has 29 heteroatoms. The summed E-state index contributed by atoms with van der Waals surface area (Å²) in [5, 5.41) is 40.6. The van der Waals surface area contributed by atoms with E-state index in [4.69, 9.17) is 0 Å². The van der Waals surface area contributed by atoms with E-state index >= 15 is 0 Å². The van der Waals surface area contributed by atoms with Crippen LogP contribution in [0, 0.1) is 5.21 Å². The molecule has 0 atom stereocenters. The molecule has 67 heavy (non-hydrogen) atoms. The zero-order valence-electron chi connectivity index (χ0n) is 35.4. The van der Waals surface area contributed by atoms with Gasteiger partial charge in [0.05, 0.1) is 53.7 Å². The van der Waals surface area contributed by atoms with Crippen LogP contribution < -0.4 is 118 Å². The molecule has 0 saturated carbocycles. The van der Waals surface area contributed by atoms with Crippen LogP contribution in [-0.4, -0.2) is 56.7 Å². The molecule has 0 heterocycles. The molecule has 21 nitrogen and oxygen atoms in total. The predicted molar refractivity (Wildman–Crippen MR) is 217 cm³/mol. The fraction of sp³-hybridized carbons (Fsp3) is 0. The topological polar surface area (TPSA) is 341 Å². The number of rotatable bonds is 14. The van der Waals surface area contributed by atoms with Crippen molar-refractivity contribution in [2.75, 3.05) is 0 Å². The number of nitrogens with zero attached hydrogens (tertiary/aromatic N) is 8. The summed E-state index contributed by atoms with van der Waals surface area (Å²) in [6.07, 6.45) is 2.14. The van der Waals surface area contributed by atoms with Gasteiger partial charge in [0.15, 0.2) is 0 Å². The first kappa shape index (κ1) is 60.0. The zero-order chi connectivity index (χ0) is 45.6. The Labute approximate surface area is 472 Å². The Balaban J connectivity index is 0.00000385. The van der Waals surface area contributed by atoms with E-state index in [-0.39, 0.29) is 168 Å². The van der Waals surface area contributed by atoms with Gasteiger partial charge in [-0.3, -0.25) is 0 Å². The third-order valence-electron chi connectivity index (χ3n) is 8.20. The van der Waals surface area contributed by atoms with Crippen molar-refractivity contribution in [1.29, 1.82) is 0 Å². The molecule has 0 bridgehead atoms. The van der Waals surface area contributed by atoms with Crippen molar-refractivity contribution >= 4 is 98.1 Å². The van der Waals surface area contributed by atoms with E-state index in [0.29, 0.717) is 11.4 Å². The Bertz CT molecular complexity index is 3330. The molecule has 0 spiro atoms. The standard InChI is InChI=1S/C38H28N8O13S4.4Na/c47-46(45-32-12-10-29(11-13-32)40-42-31-16-21-36(22-17-31)61(51,52)53)34-18-4-26(38(24-34)63(57,58)59)2-1-25-3-5-33(23-37(25)62(54,55)56)44-43-28-8-6-27(7-9-28)39-41-30-14-19-35(20-15-30)60(48,49)50;;;;/h1-24H,(H,48,49,50)(H,51,52,53)(H,54,55,56)(H,57,58,59);;;;/q;4*+1/p-4/b2-1+,41-39?,42-40?,44-43?,46-45?;;;;. The van der Waals surface area contributed by atoms with Gasteiger partial charge in [-0.2, -0.15) is 30.7 Å². The summed E-state index contributed by atoms with van der Waals surface area (Å²) >= 11 is 0. The van der Waals surface area contributed by atoms with Gasteiger partial charge in [-0.15, -0.1) is 0 Å². The second-order valence-corrected chi connectivity index (χ2v) is 18.0.